The molecule has 2 fully saturated rings. The second kappa shape index (κ2) is 12.8. The summed E-state index contributed by atoms with van der Waals surface area (Å²) in [5.41, 5.74) is 5.00. The standard InChI is InChI=1S/C18H21BN4O6S2.C5H11NO/c1-8(24)17(3,4)29-22-13(11-6-30-9(2)21-11)12(25)5-10-14(26)23-7-18(20,16(27)28-19)31-15(10)23;1-3-4-6(2)5-7/h6,10,15H,5,7,20H2,1-4H3;5H,3-4H2,1-2H3/b22-13-;/t10-,15?,18-;/m1./s1. The van der Waals surface area contributed by atoms with Gasteiger partial charge in [-0.05, 0) is 34.1 Å². The van der Waals surface area contributed by atoms with E-state index in [1.807, 2.05) is 6.92 Å². The molecule has 2 aliphatic heterocycles. The number of aryl methyl sites for hydroxylation is 1. The first kappa shape index (κ1) is 31.4. The van der Waals surface area contributed by atoms with Gasteiger partial charge in [0.25, 0.3) is 0 Å². The number of β-lactam (4-membered cyclic amide) rings is 1. The normalized spacial score (nSPS) is 22.4. The maximum atomic E-state index is 13.1. The Morgan fingerprint density at radius 2 is 2.08 bits per heavy atom. The van der Waals surface area contributed by atoms with Crippen molar-refractivity contribution in [3.05, 3.63) is 16.1 Å². The van der Waals surface area contributed by atoms with E-state index in [1.165, 1.54) is 37.0 Å². The molecule has 2 radical (unpaired) electrons. The van der Waals surface area contributed by atoms with E-state index in [9.17, 15) is 24.0 Å². The van der Waals surface area contributed by atoms with Gasteiger partial charge in [-0.2, -0.15) is 0 Å². The van der Waals surface area contributed by atoms with Crippen LogP contribution in [0.25, 0.3) is 0 Å². The first-order valence-electron chi connectivity index (χ1n) is 11.8. The van der Waals surface area contributed by atoms with Crippen molar-refractivity contribution in [1.82, 2.24) is 14.8 Å². The molecule has 0 bridgehead atoms. The first-order chi connectivity index (χ1) is 17.7. The number of fused-ring (bicyclic) bond motifs is 1. The average Bonchev–Trinajstić information content (AvgIpc) is 3.44. The van der Waals surface area contributed by atoms with Crippen LogP contribution in [-0.2, 0) is 33.5 Å². The van der Waals surface area contributed by atoms with Crippen LogP contribution in [0.4, 0.5) is 0 Å². The molecule has 0 aliphatic carbocycles. The van der Waals surface area contributed by atoms with E-state index >= 15 is 0 Å². The summed E-state index contributed by atoms with van der Waals surface area (Å²) < 4.78 is 4.23. The SMILES string of the molecule is CCCN(C)C=O.[B]OC(=O)[C@@]1(N)CN2C(=O)[C@@H](CC(=O)/C(=N\OC(C)(C)C(C)=O)c3csc(C)n3)C2S1. The molecule has 3 heterocycles. The molecule has 0 saturated carbocycles. The van der Waals surface area contributed by atoms with Gasteiger partial charge in [0.2, 0.25) is 12.3 Å². The molecule has 38 heavy (non-hydrogen) atoms. The van der Waals surface area contributed by atoms with Gasteiger partial charge in [0.05, 0.1) is 22.8 Å². The molecule has 2 saturated heterocycles. The van der Waals surface area contributed by atoms with Gasteiger partial charge >= 0.3 is 14.0 Å². The van der Waals surface area contributed by atoms with Gasteiger partial charge in [-0.25, -0.2) is 4.98 Å². The van der Waals surface area contributed by atoms with Crippen LogP contribution < -0.4 is 5.73 Å². The Bertz CT molecular complexity index is 1110. The van der Waals surface area contributed by atoms with Crippen LogP contribution >= 0.6 is 23.1 Å². The third-order valence-corrected chi connectivity index (χ3v) is 8.26. The summed E-state index contributed by atoms with van der Waals surface area (Å²) in [4.78, 5) is 70.2. The average molecular weight is 565 g/mol. The fourth-order valence-corrected chi connectivity index (χ4v) is 5.52. The first-order valence-corrected chi connectivity index (χ1v) is 13.5. The third-order valence-electron chi connectivity index (χ3n) is 5.94. The molecule has 3 rings (SSSR count). The number of nitrogens with zero attached hydrogens (tertiary/aromatic N) is 4. The monoisotopic (exact) mass is 565 g/mol. The maximum absolute atomic E-state index is 13.1. The van der Waals surface area contributed by atoms with E-state index < -0.39 is 33.5 Å². The topological polar surface area (TPSA) is 162 Å². The minimum atomic E-state index is -1.48. The molecule has 2 N–H and O–H groups in total. The molecule has 1 unspecified atom stereocenters. The second-order valence-corrected chi connectivity index (χ2v) is 11.9. The lowest BCUT2D eigenvalue weighted by Crippen LogP contribution is -2.58. The Morgan fingerprint density at radius 1 is 1.42 bits per heavy atom. The van der Waals surface area contributed by atoms with E-state index in [1.54, 1.807) is 24.3 Å². The van der Waals surface area contributed by atoms with E-state index in [4.69, 9.17) is 18.6 Å². The van der Waals surface area contributed by atoms with Crippen LogP contribution in [0.3, 0.4) is 0 Å². The molecule has 206 valence electrons. The summed E-state index contributed by atoms with van der Waals surface area (Å²) in [7, 11) is 6.71. The summed E-state index contributed by atoms with van der Waals surface area (Å²) in [5.74, 6) is -2.58. The van der Waals surface area contributed by atoms with Crippen molar-refractivity contribution in [2.24, 2.45) is 16.8 Å². The van der Waals surface area contributed by atoms with Crippen LogP contribution in [0.1, 0.15) is 51.2 Å². The van der Waals surface area contributed by atoms with Crippen LogP contribution in [-0.4, -0.2) is 94.4 Å². The predicted octanol–water partition coefficient (Wildman–Crippen LogP) is 0.797. The van der Waals surface area contributed by atoms with Crippen molar-refractivity contribution in [2.45, 2.75) is 63.3 Å². The second-order valence-electron chi connectivity index (χ2n) is 9.44. The number of aromatic nitrogens is 1. The number of carbonyl (C=O) groups is 5. The number of rotatable bonds is 11. The summed E-state index contributed by atoms with van der Waals surface area (Å²) in [6.07, 6.45) is 1.69. The summed E-state index contributed by atoms with van der Waals surface area (Å²) in [6.45, 7) is 9.05. The van der Waals surface area contributed by atoms with Crippen molar-refractivity contribution < 1.29 is 33.5 Å². The van der Waals surface area contributed by atoms with E-state index in [0.717, 1.165) is 31.1 Å². The van der Waals surface area contributed by atoms with Gasteiger partial charge in [0.1, 0.15) is 5.69 Å². The van der Waals surface area contributed by atoms with Crippen molar-refractivity contribution in [3.8, 4) is 0 Å². The fraction of sp³-hybridized carbons (Fsp3) is 0.609. The van der Waals surface area contributed by atoms with Crippen molar-refractivity contribution in [2.75, 3.05) is 20.1 Å². The Hall–Kier alpha value is -2.78. The lowest BCUT2D eigenvalue weighted by Gasteiger charge is -2.41. The fourth-order valence-electron chi connectivity index (χ4n) is 3.45. The highest BCUT2D eigenvalue weighted by Gasteiger charge is 2.60. The molecule has 3 atom stereocenters. The minimum absolute atomic E-state index is 0.0516. The predicted molar refractivity (Wildman–Crippen MR) is 143 cm³/mol. The summed E-state index contributed by atoms with van der Waals surface area (Å²) in [5, 5.41) is 5.84. The zero-order valence-electron chi connectivity index (χ0n) is 22.3. The van der Waals surface area contributed by atoms with Crippen LogP contribution in [0, 0.1) is 12.8 Å². The van der Waals surface area contributed by atoms with Crippen molar-refractivity contribution in [1.29, 1.82) is 0 Å². The molecule has 1 aromatic rings. The molecule has 0 aromatic carbocycles. The largest absolute Gasteiger partial charge is 0.541 e. The molecular formula is C23H32BN5O7S2. The van der Waals surface area contributed by atoms with Crippen LogP contribution in [0.2, 0.25) is 0 Å². The number of nitrogens with two attached hydrogens (primary N) is 1. The Balaban J connectivity index is 0.000000638. The van der Waals surface area contributed by atoms with Crippen molar-refractivity contribution in [3.63, 3.8) is 0 Å². The number of hydrogen-bond donors (Lipinski definition) is 1. The lowest BCUT2D eigenvalue weighted by molar-refractivity contribution is -0.152. The number of thiazole rings is 1. The number of hydrogen-bond acceptors (Lipinski definition) is 12. The highest BCUT2D eigenvalue weighted by atomic mass is 32.2. The number of Topliss-reactive ketones (excluding diaryl/α,β-unsaturated/α-hetero) is 2. The van der Waals surface area contributed by atoms with Gasteiger partial charge in [-0.3, -0.25) is 24.0 Å². The molecule has 12 nitrogen and oxygen atoms in total. The molecule has 2 aliphatic rings. The van der Waals surface area contributed by atoms with E-state index in [-0.39, 0.29) is 30.4 Å². The van der Waals surface area contributed by atoms with Gasteiger partial charge in [0, 0.05) is 25.4 Å². The Morgan fingerprint density at radius 3 is 2.55 bits per heavy atom. The van der Waals surface area contributed by atoms with Crippen molar-refractivity contribution >= 4 is 66.7 Å². The molecule has 15 heteroatoms. The number of thioether (sulfide) groups is 1. The quantitative estimate of drug-likeness (QED) is 0.134. The van der Waals surface area contributed by atoms with E-state index in [0.29, 0.717) is 10.7 Å². The molecule has 1 aromatic heterocycles. The third kappa shape index (κ3) is 7.20. The molecule has 0 spiro atoms. The van der Waals surface area contributed by atoms with Crippen LogP contribution in [0.15, 0.2) is 10.5 Å². The maximum Gasteiger partial charge on any atom is 0.378 e. The lowest BCUT2D eigenvalue weighted by atomic mass is 9.90. The zero-order valence-corrected chi connectivity index (χ0v) is 23.9. The number of ketones is 2. The van der Waals surface area contributed by atoms with E-state index in [2.05, 4.69) is 14.8 Å². The minimum Gasteiger partial charge on any atom is -0.541 e. The van der Waals surface area contributed by atoms with Crippen LogP contribution in [0.5, 0.6) is 0 Å². The number of carbonyl (C=O) groups excluding carboxylic acids is 5. The number of oxime groups is 1. The van der Waals surface area contributed by atoms with Gasteiger partial charge in [0.15, 0.2) is 27.8 Å². The zero-order chi connectivity index (χ0) is 28.8. The van der Waals surface area contributed by atoms with Gasteiger partial charge < -0.3 is 25.0 Å². The Kier molecular flexibility index (Phi) is 10.6. The summed E-state index contributed by atoms with van der Waals surface area (Å²) >= 11 is 2.35. The van der Waals surface area contributed by atoms with Gasteiger partial charge in [-0.1, -0.05) is 12.1 Å². The Labute approximate surface area is 231 Å². The smallest absolute Gasteiger partial charge is 0.378 e. The highest BCUT2D eigenvalue weighted by molar-refractivity contribution is 8.02. The number of amides is 2. The molecular weight excluding hydrogens is 533 g/mol. The highest BCUT2D eigenvalue weighted by Crippen LogP contribution is 2.48. The van der Waals surface area contributed by atoms with Gasteiger partial charge in [-0.15, -0.1) is 23.1 Å². The molecule has 2 amide bonds. The summed E-state index contributed by atoms with van der Waals surface area (Å²) in [6, 6.07) is 0.